The standard InChI is InChI=1S/C11H16O2Si/c1-14(2,3)7-8-6-13-11-5-9(12)4-10(8)11/h5H,4,6-7H2,1-3H3. The Labute approximate surface area is 85.7 Å². The van der Waals surface area contributed by atoms with Gasteiger partial charge in [0.15, 0.2) is 5.78 Å². The van der Waals surface area contributed by atoms with Crippen molar-refractivity contribution in [3.05, 3.63) is 23.0 Å². The SMILES string of the molecule is C[Si](C)(C)CC1=C2CC(=O)C=C2OC1. The van der Waals surface area contributed by atoms with Gasteiger partial charge in [0.25, 0.3) is 0 Å². The Morgan fingerprint density at radius 2 is 2.14 bits per heavy atom. The van der Waals surface area contributed by atoms with Crippen LogP contribution in [0.2, 0.25) is 25.7 Å². The number of carbonyl (C=O) groups is 1. The largest absolute Gasteiger partial charge is 0.489 e. The lowest BCUT2D eigenvalue weighted by atomic mass is 10.1. The highest BCUT2D eigenvalue weighted by Crippen LogP contribution is 2.36. The summed E-state index contributed by atoms with van der Waals surface area (Å²) >= 11 is 0. The second kappa shape index (κ2) is 3.09. The number of allylic oxidation sites excluding steroid dienone is 2. The fraction of sp³-hybridized carbons (Fsp3) is 0.545. The van der Waals surface area contributed by atoms with E-state index in [0.29, 0.717) is 6.42 Å². The maximum atomic E-state index is 11.2. The van der Waals surface area contributed by atoms with Crippen LogP contribution in [-0.4, -0.2) is 20.5 Å². The molecule has 0 amide bonds. The molecule has 0 aromatic carbocycles. The number of ketones is 1. The molecule has 1 aliphatic heterocycles. The normalized spacial score (nSPS) is 21.1. The molecule has 0 radical (unpaired) electrons. The van der Waals surface area contributed by atoms with Crippen molar-refractivity contribution in [3.63, 3.8) is 0 Å². The van der Waals surface area contributed by atoms with E-state index in [1.54, 1.807) is 6.08 Å². The molecule has 2 nitrogen and oxygen atoms in total. The van der Waals surface area contributed by atoms with Gasteiger partial charge in [0.2, 0.25) is 0 Å². The van der Waals surface area contributed by atoms with Gasteiger partial charge in [-0.1, -0.05) is 19.6 Å². The molecule has 0 fully saturated rings. The van der Waals surface area contributed by atoms with E-state index in [2.05, 4.69) is 19.6 Å². The molecule has 0 aromatic rings. The van der Waals surface area contributed by atoms with E-state index in [-0.39, 0.29) is 5.78 Å². The van der Waals surface area contributed by atoms with Crippen LogP contribution in [0.1, 0.15) is 6.42 Å². The average Bonchev–Trinajstić information content (AvgIpc) is 2.49. The molecule has 2 rings (SSSR count). The van der Waals surface area contributed by atoms with Gasteiger partial charge < -0.3 is 4.74 Å². The van der Waals surface area contributed by atoms with Crippen molar-refractivity contribution in [2.45, 2.75) is 32.1 Å². The van der Waals surface area contributed by atoms with Crippen LogP contribution in [0.25, 0.3) is 0 Å². The van der Waals surface area contributed by atoms with Crippen LogP contribution in [0.3, 0.4) is 0 Å². The molecule has 1 heterocycles. The fourth-order valence-electron chi connectivity index (χ4n) is 2.02. The summed E-state index contributed by atoms with van der Waals surface area (Å²) < 4.78 is 5.49. The van der Waals surface area contributed by atoms with E-state index >= 15 is 0 Å². The van der Waals surface area contributed by atoms with Gasteiger partial charge in [-0.25, -0.2) is 0 Å². The number of hydrogen-bond acceptors (Lipinski definition) is 2. The van der Waals surface area contributed by atoms with Crippen molar-refractivity contribution >= 4 is 13.9 Å². The fourth-order valence-corrected chi connectivity index (χ4v) is 3.62. The maximum absolute atomic E-state index is 11.2. The third-order valence-electron chi connectivity index (χ3n) is 2.51. The van der Waals surface area contributed by atoms with Crippen LogP contribution in [0.4, 0.5) is 0 Å². The molecule has 0 unspecified atom stereocenters. The van der Waals surface area contributed by atoms with Crippen molar-refractivity contribution in [1.82, 2.24) is 0 Å². The van der Waals surface area contributed by atoms with Gasteiger partial charge in [-0.2, -0.15) is 0 Å². The Morgan fingerprint density at radius 1 is 1.43 bits per heavy atom. The third-order valence-corrected chi connectivity index (χ3v) is 4.00. The molecule has 3 heteroatoms. The van der Waals surface area contributed by atoms with Crippen LogP contribution >= 0.6 is 0 Å². The minimum Gasteiger partial charge on any atom is -0.489 e. The zero-order valence-electron chi connectivity index (χ0n) is 9.02. The van der Waals surface area contributed by atoms with E-state index in [9.17, 15) is 4.79 Å². The van der Waals surface area contributed by atoms with Crippen LogP contribution < -0.4 is 0 Å². The van der Waals surface area contributed by atoms with E-state index < -0.39 is 8.07 Å². The van der Waals surface area contributed by atoms with Gasteiger partial charge in [-0.15, -0.1) is 0 Å². The van der Waals surface area contributed by atoms with Crippen molar-refractivity contribution in [2.24, 2.45) is 0 Å². The third kappa shape index (κ3) is 1.82. The molecule has 0 saturated heterocycles. The molecule has 0 bridgehead atoms. The van der Waals surface area contributed by atoms with Crippen LogP contribution in [0, 0.1) is 0 Å². The smallest absolute Gasteiger partial charge is 0.163 e. The van der Waals surface area contributed by atoms with Crippen molar-refractivity contribution < 1.29 is 9.53 Å². The Balaban J connectivity index is 2.22. The highest BCUT2D eigenvalue weighted by Gasteiger charge is 2.30. The Kier molecular flexibility index (Phi) is 2.14. The summed E-state index contributed by atoms with van der Waals surface area (Å²) in [5, 5.41) is 0. The summed E-state index contributed by atoms with van der Waals surface area (Å²) in [6, 6.07) is 1.16. The lowest BCUT2D eigenvalue weighted by molar-refractivity contribution is -0.113. The molecule has 0 saturated carbocycles. The monoisotopic (exact) mass is 208 g/mol. The van der Waals surface area contributed by atoms with Gasteiger partial charge in [-0.05, 0) is 11.6 Å². The Morgan fingerprint density at radius 3 is 2.79 bits per heavy atom. The predicted molar refractivity (Wildman–Crippen MR) is 58.8 cm³/mol. The predicted octanol–water partition coefficient (Wildman–Crippen LogP) is 2.51. The quantitative estimate of drug-likeness (QED) is 0.652. The number of hydrogen-bond donors (Lipinski definition) is 0. The van der Waals surface area contributed by atoms with E-state index in [1.807, 2.05) is 0 Å². The Hall–Kier alpha value is -0.833. The van der Waals surface area contributed by atoms with Crippen molar-refractivity contribution in [2.75, 3.05) is 6.61 Å². The second-order valence-electron chi connectivity index (χ2n) is 5.26. The van der Waals surface area contributed by atoms with Crippen LogP contribution in [0.15, 0.2) is 23.0 Å². The van der Waals surface area contributed by atoms with Crippen LogP contribution in [-0.2, 0) is 9.53 Å². The van der Waals surface area contributed by atoms with Crippen molar-refractivity contribution in [3.8, 4) is 0 Å². The van der Waals surface area contributed by atoms with E-state index in [0.717, 1.165) is 18.4 Å². The molecular formula is C11H16O2Si. The zero-order valence-corrected chi connectivity index (χ0v) is 10.0. The number of ether oxygens (including phenoxy) is 1. The minimum absolute atomic E-state index is 0.197. The van der Waals surface area contributed by atoms with Gasteiger partial charge in [-0.3, -0.25) is 4.79 Å². The van der Waals surface area contributed by atoms with E-state index in [4.69, 9.17) is 4.74 Å². The molecule has 0 aromatic heterocycles. The van der Waals surface area contributed by atoms with Crippen molar-refractivity contribution in [1.29, 1.82) is 0 Å². The van der Waals surface area contributed by atoms with Gasteiger partial charge in [0, 0.05) is 26.1 Å². The van der Waals surface area contributed by atoms with Gasteiger partial charge in [0.1, 0.15) is 12.4 Å². The molecule has 1 aliphatic carbocycles. The van der Waals surface area contributed by atoms with Gasteiger partial charge in [0.05, 0.1) is 0 Å². The summed E-state index contributed by atoms with van der Waals surface area (Å²) in [5.41, 5.74) is 2.57. The average molecular weight is 208 g/mol. The minimum atomic E-state index is -1.08. The van der Waals surface area contributed by atoms with Crippen LogP contribution in [0.5, 0.6) is 0 Å². The lowest BCUT2D eigenvalue weighted by Gasteiger charge is -2.16. The number of fused-ring (bicyclic) bond motifs is 1. The highest BCUT2D eigenvalue weighted by atomic mass is 28.3. The first kappa shape index (κ1) is 9.71. The molecular weight excluding hydrogens is 192 g/mol. The summed E-state index contributed by atoms with van der Waals surface area (Å²) in [6.07, 6.45) is 2.22. The number of carbonyl (C=O) groups excluding carboxylic acids is 1. The summed E-state index contributed by atoms with van der Waals surface area (Å²) in [6.45, 7) is 7.76. The first-order valence-corrected chi connectivity index (χ1v) is 8.75. The Bertz CT molecular complexity index is 345. The zero-order chi connectivity index (χ0) is 10.3. The first-order valence-electron chi connectivity index (χ1n) is 5.04. The molecule has 0 N–H and O–H groups in total. The molecule has 0 spiro atoms. The molecule has 14 heavy (non-hydrogen) atoms. The van der Waals surface area contributed by atoms with Gasteiger partial charge >= 0.3 is 0 Å². The summed E-state index contributed by atoms with van der Waals surface area (Å²) in [5.74, 6) is 1.05. The topological polar surface area (TPSA) is 26.3 Å². The van der Waals surface area contributed by atoms with E-state index in [1.165, 1.54) is 11.1 Å². The maximum Gasteiger partial charge on any atom is 0.163 e. The molecule has 2 aliphatic rings. The summed E-state index contributed by atoms with van der Waals surface area (Å²) in [4.78, 5) is 11.2. The summed E-state index contributed by atoms with van der Waals surface area (Å²) in [7, 11) is -1.08. The second-order valence-corrected chi connectivity index (χ2v) is 10.7. The highest BCUT2D eigenvalue weighted by molar-refractivity contribution is 6.76. The number of rotatable bonds is 2. The molecule has 0 atom stereocenters. The first-order chi connectivity index (χ1) is 6.46. The molecule has 76 valence electrons. The lowest BCUT2D eigenvalue weighted by Crippen LogP contribution is -2.20.